The maximum atomic E-state index is 4.40. The highest BCUT2D eigenvalue weighted by Crippen LogP contribution is 2.20. The number of nitrogens with zero attached hydrogens (tertiary/aromatic N) is 3. The lowest BCUT2D eigenvalue weighted by atomic mass is 10.2. The van der Waals surface area contributed by atoms with Crippen LogP contribution >= 0.6 is 0 Å². The van der Waals surface area contributed by atoms with Crippen molar-refractivity contribution >= 4 is 16.9 Å². The Morgan fingerprint density at radius 2 is 1.95 bits per heavy atom. The highest BCUT2D eigenvalue weighted by Gasteiger charge is 2.10. The molecular weight excluding hydrogens is 248 g/mol. The molecule has 0 unspecified atom stereocenters. The number of rotatable bonds is 5. The Hall–Kier alpha value is -2.62. The molecule has 20 heavy (non-hydrogen) atoms. The van der Waals surface area contributed by atoms with Crippen LogP contribution in [0.5, 0.6) is 0 Å². The Kier molecular flexibility index (Phi) is 3.46. The van der Waals surface area contributed by atoms with Crippen LogP contribution in [-0.2, 0) is 6.54 Å². The number of H-pyrrole nitrogens is 1. The molecule has 0 aliphatic heterocycles. The Bertz CT molecular complexity index is 703. The lowest BCUT2D eigenvalue weighted by Gasteiger charge is -2.22. The fourth-order valence-electron chi connectivity index (χ4n) is 2.28. The number of hydrogen-bond donors (Lipinski definition) is 1. The molecule has 4 nitrogen and oxygen atoms in total. The molecule has 1 N–H and O–H groups in total. The zero-order valence-electron chi connectivity index (χ0n) is 11.2. The highest BCUT2D eigenvalue weighted by molar-refractivity contribution is 5.75. The molecule has 0 fully saturated rings. The van der Waals surface area contributed by atoms with E-state index in [4.69, 9.17) is 0 Å². The Balaban J connectivity index is 1.92. The SMILES string of the molecule is C=CCN(Cc1c[nH]c2nccnc12)c1ccccc1. The van der Waals surface area contributed by atoms with Crippen molar-refractivity contribution < 1.29 is 0 Å². The van der Waals surface area contributed by atoms with Crippen LogP contribution in [0.4, 0.5) is 5.69 Å². The highest BCUT2D eigenvalue weighted by atomic mass is 15.1. The minimum absolute atomic E-state index is 0.773. The van der Waals surface area contributed by atoms with E-state index in [0.717, 1.165) is 29.8 Å². The van der Waals surface area contributed by atoms with Crippen molar-refractivity contribution in [2.75, 3.05) is 11.4 Å². The van der Waals surface area contributed by atoms with E-state index in [1.54, 1.807) is 12.4 Å². The number of fused-ring (bicyclic) bond motifs is 1. The number of anilines is 1. The van der Waals surface area contributed by atoms with Crippen molar-refractivity contribution in [3.63, 3.8) is 0 Å². The first-order chi connectivity index (χ1) is 9.88. The van der Waals surface area contributed by atoms with Gasteiger partial charge in [0.25, 0.3) is 0 Å². The van der Waals surface area contributed by atoms with Gasteiger partial charge in [0.1, 0.15) is 5.52 Å². The van der Waals surface area contributed by atoms with Crippen LogP contribution in [0.1, 0.15) is 5.56 Å². The second-order valence-electron chi connectivity index (χ2n) is 4.57. The van der Waals surface area contributed by atoms with Crippen LogP contribution in [0, 0.1) is 0 Å². The average molecular weight is 264 g/mol. The van der Waals surface area contributed by atoms with E-state index in [2.05, 4.69) is 38.6 Å². The minimum atomic E-state index is 0.773. The lowest BCUT2D eigenvalue weighted by molar-refractivity contribution is 0.871. The fraction of sp³-hybridized carbons (Fsp3) is 0.125. The van der Waals surface area contributed by atoms with Gasteiger partial charge in [0.05, 0.1) is 0 Å². The molecule has 0 bridgehead atoms. The molecule has 1 aromatic carbocycles. The molecule has 0 radical (unpaired) electrons. The third-order valence-corrected chi connectivity index (χ3v) is 3.22. The maximum Gasteiger partial charge on any atom is 0.156 e. The molecule has 2 heterocycles. The van der Waals surface area contributed by atoms with E-state index in [1.165, 1.54) is 5.69 Å². The maximum absolute atomic E-state index is 4.40. The first-order valence-corrected chi connectivity index (χ1v) is 6.56. The van der Waals surface area contributed by atoms with Gasteiger partial charge in [0.2, 0.25) is 0 Å². The summed E-state index contributed by atoms with van der Waals surface area (Å²) in [5.41, 5.74) is 4.07. The van der Waals surface area contributed by atoms with Gasteiger partial charge in [-0.1, -0.05) is 24.3 Å². The molecule has 4 heteroatoms. The van der Waals surface area contributed by atoms with E-state index in [0.29, 0.717) is 0 Å². The molecule has 0 spiro atoms. The van der Waals surface area contributed by atoms with Gasteiger partial charge in [-0.25, -0.2) is 4.98 Å². The van der Waals surface area contributed by atoms with Gasteiger partial charge in [-0.05, 0) is 12.1 Å². The standard InChI is InChI=1S/C16H16N4/c1-2-10-20(14-6-4-3-5-7-14)12-13-11-19-16-15(13)17-8-9-18-16/h2-9,11H,1,10,12H2,(H,18,19). The van der Waals surface area contributed by atoms with Gasteiger partial charge in [-0.15, -0.1) is 6.58 Å². The molecule has 0 saturated heterocycles. The molecule has 2 aromatic heterocycles. The average Bonchev–Trinajstić information content (AvgIpc) is 2.91. The van der Waals surface area contributed by atoms with E-state index in [1.807, 2.05) is 30.5 Å². The summed E-state index contributed by atoms with van der Waals surface area (Å²) in [6, 6.07) is 10.3. The zero-order chi connectivity index (χ0) is 13.8. The van der Waals surface area contributed by atoms with Gasteiger partial charge in [-0.2, -0.15) is 0 Å². The molecule has 0 atom stereocenters. The second kappa shape index (κ2) is 5.57. The molecule has 0 saturated carbocycles. The number of nitrogens with one attached hydrogen (secondary N) is 1. The number of para-hydroxylation sites is 1. The summed E-state index contributed by atoms with van der Waals surface area (Å²) < 4.78 is 0. The number of benzene rings is 1. The van der Waals surface area contributed by atoms with Gasteiger partial charge in [0, 0.05) is 42.9 Å². The Morgan fingerprint density at radius 1 is 1.15 bits per heavy atom. The molecule has 0 amide bonds. The van der Waals surface area contributed by atoms with E-state index in [-0.39, 0.29) is 0 Å². The van der Waals surface area contributed by atoms with Crippen molar-refractivity contribution in [2.45, 2.75) is 6.54 Å². The van der Waals surface area contributed by atoms with Gasteiger partial charge >= 0.3 is 0 Å². The first kappa shape index (κ1) is 12.4. The van der Waals surface area contributed by atoms with Crippen LogP contribution in [0.25, 0.3) is 11.2 Å². The van der Waals surface area contributed by atoms with E-state index >= 15 is 0 Å². The Labute approximate surface area is 117 Å². The van der Waals surface area contributed by atoms with Gasteiger partial charge in [0.15, 0.2) is 5.65 Å². The first-order valence-electron chi connectivity index (χ1n) is 6.56. The molecular formula is C16H16N4. The number of aromatic amines is 1. The summed E-state index contributed by atoms with van der Waals surface area (Å²) in [5.74, 6) is 0. The topological polar surface area (TPSA) is 44.8 Å². The van der Waals surface area contributed by atoms with E-state index < -0.39 is 0 Å². The van der Waals surface area contributed by atoms with Crippen molar-refractivity contribution in [3.8, 4) is 0 Å². The molecule has 0 aliphatic carbocycles. The minimum Gasteiger partial charge on any atom is -0.363 e. The smallest absolute Gasteiger partial charge is 0.156 e. The van der Waals surface area contributed by atoms with E-state index in [9.17, 15) is 0 Å². The fourth-order valence-corrected chi connectivity index (χ4v) is 2.28. The second-order valence-corrected chi connectivity index (χ2v) is 4.57. The summed E-state index contributed by atoms with van der Waals surface area (Å²) in [4.78, 5) is 14.1. The van der Waals surface area contributed by atoms with Crippen molar-refractivity contribution in [2.24, 2.45) is 0 Å². The lowest BCUT2D eigenvalue weighted by Crippen LogP contribution is -2.22. The van der Waals surface area contributed by atoms with Crippen LogP contribution in [-0.4, -0.2) is 21.5 Å². The van der Waals surface area contributed by atoms with Crippen LogP contribution in [0.3, 0.4) is 0 Å². The van der Waals surface area contributed by atoms with Crippen molar-refractivity contribution in [1.82, 2.24) is 15.0 Å². The summed E-state index contributed by atoms with van der Waals surface area (Å²) in [7, 11) is 0. The van der Waals surface area contributed by atoms with Crippen LogP contribution in [0.2, 0.25) is 0 Å². The van der Waals surface area contributed by atoms with Gasteiger partial charge in [-0.3, -0.25) is 4.98 Å². The summed E-state index contributed by atoms with van der Waals surface area (Å²) in [6.45, 7) is 5.40. The largest absolute Gasteiger partial charge is 0.363 e. The number of aromatic nitrogens is 3. The molecule has 3 aromatic rings. The third-order valence-electron chi connectivity index (χ3n) is 3.22. The normalized spacial score (nSPS) is 10.6. The molecule has 3 rings (SSSR count). The van der Waals surface area contributed by atoms with Crippen LogP contribution in [0.15, 0.2) is 61.6 Å². The van der Waals surface area contributed by atoms with Crippen molar-refractivity contribution in [3.05, 3.63) is 67.1 Å². The summed E-state index contributed by atoms with van der Waals surface area (Å²) in [5, 5.41) is 0. The predicted octanol–water partition coefficient (Wildman–Crippen LogP) is 3.15. The monoisotopic (exact) mass is 264 g/mol. The predicted molar refractivity (Wildman–Crippen MR) is 81.6 cm³/mol. The van der Waals surface area contributed by atoms with Gasteiger partial charge < -0.3 is 9.88 Å². The van der Waals surface area contributed by atoms with Crippen molar-refractivity contribution in [1.29, 1.82) is 0 Å². The Morgan fingerprint density at radius 3 is 2.75 bits per heavy atom. The zero-order valence-corrected chi connectivity index (χ0v) is 11.2. The quantitative estimate of drug-likeness (QED) is 0.720. The molecule has 0 aliphatic rings. The molecule has 100 valence electrons. The summed E-state index contributed by atoms with van der Waals surface area (Å²) in [6.07, 6.45) is 7.30. The van der Waals surface area contributed by atoms with Crippen LogP contribution < -0.4 is 4.90 Å². The third kappa shape index (κ3) is 2.40. The summed E-state index contributed by atoms with van der Waals surface area (Å²) >= 11 is 0. The number of hydrogen-bond acceptors (Lipinski definition) is 3.